The van der Waals surface area contributed by atoms with Gasteiger partial charge in [-0.05, 0) is 38.1 Å². The summed E-state index contributed by atoms with van der Waals surface area (Å²) in [5, 5.41) is 17.1. The Bertz CT molecular complexity index is 891. The number of aromatic hydroxyl groups is 1. The molecular formula is C20H22N2O4. The van der Waals surface area contributed by atoms with Gasteiger partial charge in [-0.1, -0.05) is 12.1 Å². The highest BCUT2D eigenvalue weighted by Crippen LogP contribution is 2.50. The lowest BCUT2D eigenvalue weighted by Gasteiger charge is -2.43. The third-order valence-electron chi connectivity index (χ3n) is 4.92. The summed E-state index contributed by atoms with van der Waals surface area (Å²) in [4.78, 5) is 0. The van der Waals surface area contributed by atoms with Crippen molar-refractivity contribution in [2.75, 3.05) is 14.2 Å². The Labute approximate surface area is 152 Å². The molecule has 0 spiro atoms. The summed E-state index contributed by atoms with van der Waals surface area (Å²) in [7, 11) is 3.25. The number of fused-ring (bicyclic) bond motifs is 3. The van der Waals surface area contributed by atoms with E-state index in [2.05, 4.69) is 0 Å². The molecule has 1 atom stereocenters. The predicted molar refractivity (Wildman–Crippen MR) is 98.1 cm³/mol. The van der Waals surface area contributed by atoms with E-state index in [1.807, 2.05) is 43.1 Å². The Hall–Kier alpha value is -2.89. The predicted octanol–water partition coefficient (Wildman–Crippen LogP) is 3.69. The summed E-state index contributed by atoms with van der Waals surface area (Å²) in [5.41, 5.74) is 1.88. The van der Waals surface area contributed by atoms with Gasteiger partial charge in [-0.15, -0.1) is 0 Å². The highest BCUT2D eigenvalue weighted by Gasteiger charge is 2.46. The number of hydrazone groups is 1. The Kier molecular flexibility index (Phi) is 3.72. The van der Waals surface area contributed by atoms with Gasteiger partial charge < -0.3 is 19.3 Å². The highest BCUT2D eigenvalue weighted by atomic mass is 16.5. The SMILES string of the molecule is COc1ccc(O)c(C2=NN3[C@H](C2)c2cccc(OC)c2OC3(C)C)c1. The first-order valence-electron chi connectivity index (χ1n) is 8.54. The van der Waals surface area contributed by atoms with Gasteiger partial charge in [0.2, 0.25) is 0 Å². The van der Waals surface area contributed by atoms with Gasteiger partial charge in [0, 0.05) is 17.5 Å². The molecule has 0 radical (unpaired) electrons. The zero-order chi connectivity index (χ0) is 18.5. The maximum atomic E-state index is 10.3. The second-order valence-electron chi connectivity index (χ2n) is 6.92. The molecule has 136 valence electrons. The Morgan fingerprint density at radius 3 is 2.73 bits per heavy atom. The van der Waals surface area contributed by atoms with Crippen molar-refractivity contribution in [3.05, 3.63) is 47.5 Å². The van der Waals surface area contributed by atoms with Crippen molar-refractivity contribution in [2.45, 2.75) is 32.0 Å². The first-order chi connectivity index (χ1) is 12.4. The lowest BCUT2D eigenvalue weighted by Crippen LogP contribution is -2.48. The molecule has 6 heteroatoms. The van der Waals surface area contributed by atoms with Crippen molar-refractivity contribution in [3.8, 4) is 23.0 Å². The molecule has 0 aromatic heterocycles. The van der Waals surface area contributed by atoms with Crippen LogP contribution in [-0.2, 0) is 0 Å². The summed E-state index contributed by atoms with van der Waals surface area (Å²) >= 11 is 0. The van der Waals surface area contributed by atoms with Crippen LogP contribution in [0.25, 0.3) is 0 Å². The number of para-hydroxylation sites is 1. The van der Waals surface area contributed by atoms with E-state index in [0.717, 1.165) is 17.0 Å². The molecule has 1 N–H and O–H groups in total. The Morgan fingerprint density at radius 2 is 2.00 bits per heavy atom. The van der Waals surface area contributed by atoms with Gasteiger partial charge in [-0.2, -0.15) is 5.10 Å². The quantitative estimate of drug-likeness (QED) is 0.911. The number of rotatable bonds is 3. The minimum absolute atomic E-state index is 0.0180. The van der Waals surface area contributed by atoms with E-state index in [1.54, 1.807) is 26.4 Å². The van der Waals surface area contributed by atoms with Crippen LogP contribution in [0.2, 0.25) is 0 Å². The maximum Gasteiger partial charge on any atom is 0.192 e. The van der Waals surface area contributed by atoms with Crippen LogP contribution in [0.1, 0.15) is 37.4 Å². The molecule has 0 bridgehead atoms. The van der Waals surface area contributed by atoms with Crippen LogP contribution in [0, 0.1) is 0 Å². The van der Waals surface area contributed by atoms with Gasteiger partial charge in [-0.3, -0.25) is 0 Å². The Morgan fingerprint density at radius 1 is 1.19 bits per heavy atom. The van der Waals surface area contributed by atoms with Crippen LogP contribution in [0.5, 0.6) is 23.0 Å². The second-order valence-corrected chi connectivity index (χ2v) is 6.92. The maximum absolute atomic E-state index is 10.3. The molecule has 2 heterocycles. The third-order valence-corrected chi connectivity index (χ3v) is 4.92. The molecule has 6 nitrogen and oxygen atoms in total. The number of phenols is 1. The summed E-state index contributed by atoms with van der Waals surface area (Å²) in [6.07, 6.45) is 0.660. The fourth-order valence-electron chi connectivity index (χ4n) is 3.65. The number of nitrogens with zero attached hydrogens (tertiary/aromatic N) is 2. The van der Waals surface area contributed by atoms with Crippen LogP contribution in [0.4, 0.5) is 0 Å². The van der Waals surface area contributed by atoms with Crippen LogP contribution in [0.3, 0.4) is 0 Å². The lowest BCUT2D eigenvalue weighted by molar-refractivity contribution is -0.0924. The number of hydrogen-bond donors (Lipinski definition) is 1. The van der Waals surface area contributed by atoms with E-state index in [9.17, 15) is 5.11 Å². The zero-order valence-electron chi connectivity index (χ0n) is 15.3. The monoisotopic (exact) mass is 354 g/mol. The second kappa shape index (κ2) is 5.83. The molecule has 26 heavy (non-hydrogen) atoms. The minimum atomic E-state index is -0.636. The summed E-state index contributed by atoms with van der Waals surface area (Å²) < 4.78 is 17.0. The average Bonchev–Trinajstić information content (AvgIpc) is 3.08. The summed E-state index contributed by atoms with van der Waals surface area (Å²) in [6, 6.07) is 11.1. The van der Waals surface area contributed by atoms with Crippen molar-refractivity contribution in [1.29, 1.82) is 0 Å². The molecule has 0 aliphatic carbocycles. The van der Waals surface area contributed by atoms with Gasteiger partial charge >= 0.3 is 0 Å². The molecule has 2 aromatic carbocycles. The number of benzene rings is 2. The van der Waals surface area contributed by atoms with Crippen molar-refractivity contribution in [2.24, 2.45) is 5.10 Å². The molecule has 0 unspecified atom stereocenters. The zero-order valence-corrected chi connectivity index (χ0v) is 15.3. The fraction of sp³-hybridized carbons (Fsp3) is 0.350. The third kappa shape index (κ3) is 2.44. The van der Waals surface area contributed by atoms with Crippen molar-refractivity contribution < 1.29 is 19.3 Å². The molecule has 2 aromatic rings. The van der Waals surface area contributed by atoms with Crippen molar-refractivity contribution in [1.82, 2.24) is 5.01 Å². The first kappa shape index (κ1) is 16.6. The number of methoxy groups -OCH3 is 2. The van der Waals surface area contributed by atoms with E-state index in [0.29, 0.717) is 23.5 Å². The molecule has 0 fully saturated rings. The van der Waals surface area contributed by atoms with Crippen LogP contribution in [-0.4, -0.2) is 35.8 Å². The standard InChI is InChI=1S/C20H22N2O4/c1-20(2)22-16(13-6-5-7-18(25-4)19(13)26-20)11-15(21-22)14-10-12(24-3)8-9-17(14)23/h5-10,16,23H,11H2,1-4H3/t16-/m1/s1. The highest BCUT2D eigenvalue weighted by molar-refractivity contribution is 6.04. The molecule has 0 amide bonds. The number of phenolic OH excluding ortho intramolecular Hbond substituents is 1. The van der Waals surface area contributed by atoms with E-state index < -0.39 is 5.72 Å². The van der Waals surface area contributed by atoms with E-state index in [1.165, 1.54) is 0 Å². The van der Waals surface area contributed by atoms with Gasteiger partial charge in [0.25, 0.3) is 0 Å². The lowest BCUT2D eigenvalue weighted by atomic mass is 9.94. The van der Waals surface area contributed by atoms with Crippen LogP contribution in [0.15, 0.2) is 41.5 Å². The van der Waals surface area contributed by atoms with E-state index in [-0.39, 0.29) is 11.8 Å². The van der Waals surface area contributed by atoms with Crippen LogP contribution < -0.4 is 14.2 Å². The molecule has 0 saturated heterocycles. The van der Waals surface area contributed by atoms with Crippen LogP contribution >= 0.6 is 0 Å². The smallest absolute Gasteiger partial charge is 0.192 e. The van der Waals surface area contributed by atoms with E-state index in [4.69, 9.17) is 19.3 Å². The van der Waals surface area contributed by atoms with Crippen molar-refractivity contribution >= 4 is 5.71 Å². The van der Waals surface area contributed by atoms with Gasteiger partial charge in [0.05, 0.1) is 26.0 Å². The largest absolute Gasteiger partial charge is 0.507 e. The number of hydrogen-bond acceptors (Lipinski definition) is 6. The summed E-state index contributed by atoms with van der Waals surface area (Å²) in [6.45, 7) is 3.96. The fourth-order valence-corrected chi connectivity index (χ4v) is 3.65. The molecule has 2 aliphatic heterocycles. The number of ether oxygens (including phenoxy) is 3. The molecule has 0 saturated carbocycles. The Balaban J connectivity index is 1.79. The minimum Gasteiger partial charge on any atom is -0.507 e. The summed E-state index contributed by atoms with van der Waals surface area (Å²) in [5.74, 6) is 2.34. The molecular weight excluding hydrogens is 332 g/mol. The van der Waals surface area contributed by atoms with Gasteiger partial charge in [0.1, 0.15) is 11.5 Å². The van der Waals surface area contributed by atoms with Gasteiger partial charge in [-0.25, -0.2) is 5.01 Å². The molecule has 4 rings (SSSR count). The first-order valence-corrected chi connectivity index (χ1v) is 8.54. The normalized spacial score (nSPS) is 19.9. The molecule has 2 aliphatic rings. The van der Waals surface area contributed by atoms with Crippen molar-refractivity contribution in [3.63, 3.8) is 0 Å². The van der Waals surface area contributed by atoms with Gasteiger partial charge in [0.15, 0.2) is 17.2 Å². The topological polar surface area (TPSA) is 63.5 Å². The van der Waals surface area contributed by atoms with E-state index >= 15 is 0 Å². The average molecular weight is 354 g/mol.